The molecule has 1 aromatic heterocycles. The van der Waals surface area contributed by atoms with Crippen LogP contribution in [0.25, 0.3) is 0 Å². The fraction of sp³-hybridized carbons (Fsp3) is 0.600. The topological polar surface area (TPSA) is 59.0 Å². The van der Waals surface area contributed by atoms with Gasteiger partial charge >= 0.3 is 6.18 Å². The van der Waals surface area contributed by atoms with Gasteiger partial charge in [0.1, 0.15) is 6.54 Å². The van der Waals surface area contributed by atoms with E-state index in [9.17, 15) is 18.0 Å². The number of halogens is 3. The van der Waals surface area contributed by atoms with Crippen LogP contribution in [0.5, 0.6) is 0 Å². The minimum absolute atomic E-state index is 0.136. The molecule has 0 saturated carbocycles. The van der Waals surface area contributed by atoms with Gasteiger partial charge in [0.2, 0.25) is 5.91 Å². The largest absolute Gasteiger partial charge is 0.405 e. The average molecular weight is 264 g/mol. The molecular formula is C10H15F3N4O. The molecule has 0 aliphatic rings. The zero-order valence-corrected chi connectivity index (χ0v) is 9.92. The lowest BCUT2D eigenvalue weighted by Crippen LogP contribution is -2.39. The summed E-state index contributed by atoms with van der Waals surface area (Å²) < 4.78 is 37.0. The fourth-order valence-electron chi connectivity index (χ4n) is 1.28. The van der Waals surface area contributed by atoms with E-state index in [2.05, 4.69) is 10.4 Å². The molecule has 0 spiro atoms. The summed E-state index contributed by atoms with van der Waals surface area (Å²) in [6, 6.07) is 1.84. The highest BCUT2D eigenvalue weighted by Crippen LogP contribution is 2.11. The molecule has 0 unspecified atom stereocenters. The van der Waals surface area contributed by atoms with Crippen LogP contribution in [0.2, 0.25) is 0 Å². The van der Waals surface area contributed by atoms with Crippen molar-refractivity contribution in [2.45, 2.75) is 12.6 Å². The van der Waals surface area contributed by atoms with Gasteiger partial charge in [0.15, 0.2) is 0 Å². The molecule has 0 saturated heterocycles. The van der Waals surface area contributed by atoms with Gasteiger partial charge in [-0.05, 0) is 6.07 Å². The number of aryl methyl sites for hydroxylation is 1. The second-order valence-electron chi connectivity index (χ2n) is 3.80. The third-order valence-electron chi connectivity index (χ3n) is 2.10. The number of amides is 1. The van der Waals surface area contributed by atoms with Gasteiger partial charge in [-0.25, -0.2) is 0 Å². The standard InChI is InChI=1S/C10H15F3N4O/c1-17-5-3-8(16-17)2-4-14-6-9(18)15-7-10(11,12)13/h3,5,14H,2,4,6-7H2,1H3,(H,15,18). The van der Waals surface area contributed by atoms with Gasteiger partial charge in [-0.15, -0.1) is 0 Å². The van der Waals surface area contributed by atoms with Crippen LogP contribution in [0, 0.1) is 0 Å². The summed E-state index contributed by atoms with van der Waals surface area (Å²) in [5, 5.41) is 8.65. The van der Waals surface area contributed by atoms with Gasteiger partial charge in [-0.1, -0.05) is 0 Å². The predicted molar refractivity (Wildman–Crippen MR) is 58.8 cm³/mol. The van der Waals surface area contributed by atoms with E-state index in [1.807, 2.05) is 6.07 Å². The lowest BCUT2D eigenvalue weighted by Gasteiger charge is -2.08. The van der Waals surface area contributed by atoms with Crippen molar-refractivity contribution in [1.82, 2.24) is 20.4 Å². The van der Waals surface area contributed by atoms with Gasteiger partial charge in [-0.2, -0.15) is 18.3 Å². The molecule has 0 aliphatic heterocycles. The van der Waals surface area contributed by atoms with Gasteiger partial charge in [0.05, 0.1) is 12.2 Å². The molecule has 18 heavy (non-hydrogen) atoms. The lowest BCUT2D eigenvalue weighted by molar-refractivity contribution is -0.137. The summed E-state index contributed by atoms with van der Waals surface area (Å²) in [6.45, 7) is -0.951. The zero-order chi connectivity index (χ0) is 13.6. The van der Waals surface area contributed by atoms with Crippen molar-refractivity contribution < 1.29 is 18.0 Å². The average Bonchev–Trinajstić information content (AvgIpc) is 2.67. The summed E-state index contributed by atoms with van der Waals surface area (Å²) in [6.07, 6.45) is -1.96. The summed E-state index contributed by atoms with van der Waals surface area (Å²) in [7, 11) is 1.79. The van der Waals surface area contributed by atoms with E-state index in [0.717, 1.165) is 5.69 Å². The second-order valence-corrected chi connectivity index (χ2v) is 3.80. The van der Waals surface area contributed by atoms with Crippen LogP contribution < -0.4 is 10.6 Å². The molecule has 2 N–H and O–H groups in total. The SMILES string of the molecule is Cn1ccc(CCNCC(=O)NCC(F)(F)F)n1. The Kier molecular flexibility index (Phi) is 5.14. The smallest absolute Gasteiger partial charge is 0.346 e. The molecule has 0 atom stereocenters. The van der Waals surface area contributed by atoms with Crippen LogP contribution in [0.15, 0.2) is 12.3 Å². The maximum Gasteiger partial charge on any atom is 0.405 e. The number of nitrogens with zero attached hydrogens (tertiary/aromatic N) is 2. The molecule has 102 valence electrons. The number of hydrogen-bond acceptors (Lipinski definition) is 3. The Balaban J connectivity index is 2.09. The van der Waals surface area contributed by atoms with Crippen molar-refractivity contribution in [1.29, 1.82) is 0 Å². The van der Waals surface area contributed by atoms with Crippen LogP contribution in [0.4, 0.5) is 13.2 Å². The summed E-state index contributed by atoms with van der Waals surface area (Å²) >= 11 is 0. The summed E-state index contributed by atoms with van der Waals surface area (Å²) in [5.74, 6) is -0.673. The van der Waals surface area contributed by atoms with Gasteiger partial charge in [0, 0.05) is 26.2 Å². The number of aromatic nitrogens is 2. The number of rotatable bonds is 6. The normalized spacial score (nSPS) is 11.6. The molecule has 0 aromatic carbocycles. The van der Waals surface area contributed by atoms with Crippen molar-refractivity contribution in [2.24, 2.45) is 7.05 Å². The van der Waals surface area contributed by atoms with Crippen LogP contribution >= 0.6 is 0 Å². The van der Waals surface area contributed by atoms with Crippen molar-refractivity contribution in [3.05, 3.63) is 18.0 Å². The van der Waals surface area contributed by atoms with E-state index in [1.54, 1.807) is 23.2 Å². The molecular weight excluding hydrogens is 249 g/mol. The first-order valence-electron chi connectivity index (χ1n) is 5.39. The molecule has 0 aliphatic carbocycles. The Morgan fingerprint density at radius 3 is 2.78 bits per heavy atom. The first kappa shape index (κ1) is 14.5. The maximum atomic E-state index is 11.8. The lowest BCUT2D eigenvalue weighted by atomic mass is 10.3. The van der Waals surface area contributed by atoms with Crippen LogP contribution in [0.1, 0.15) is 5.69 Å². The van der Waals surface area contributed by atoms with Crippen LogP contribution in [-0.4, -0.2) is 41.5 Å². The second kappa shape index (κ2) is 6.39. The third kappa shape index (κ3) is 6.24. The van der Waals surface area contributed by atoms with Gasteiger partial charge < -0.3 is 10.6 Å². The quantitative estimate of drug-likeness (QED) is 0.723. The third-order valence-corrected chi connectivity index (χ3v) is 2.10. The van der Waals surface area contributed by atoms with Gasteiger partial charge in [0.25, 0.3) is 0 Å². The van der Waals surface area contributed by atoms with Crippen molar-refractivity contribution in [3.8, 4) is 0 Å². The van der Waals surface area contributed by atoms with Crippen molar-refractivity contribution >= 4 is 5.91 Å². The summed E-state index contributed by atoms with van der Waals surface area (Å²) in [4.78, 5) is 11.0. The highest BCUT2D eigenvalue weighted by Gasteiger charge is 2.27. The molecule has 1 rings (SSSR count). The number of carbonyl (C=O) groups excluding carboxylic acids is 1. The van der Waals surface area contributed by atoms with Gasteiger partial charge in [-0.3, -0.25) is 9.48 Å². The number of hydrogen-bond donors (Lipinski definition) is 2. The van der Waals surface area contributed by atoms with Crippen molar-refractivity contribution in [2.75, 3.05) is 19.6 Å². The van der Waals surface area contributed by atoms with Crippen LogP contribution in [-0.2, 0) is 18.3 Å². The molecule has 1 heterocycles. The molecule has 5 nitrogen and oxygen atoms in total. The highest BCUT2D eigenvalue weighted by molar-refractivity contribution is 5.77. The first-order chi connectivity index (χ1) is 8.37. The number of alkyl halides is 3. The molecule has 1 aromatic rings. The Labute approximate surface area is 102 Å². The van der Waals surface area contributed by atoms with E-state index in [1.165, 1.54) is 0 Å². The minimum atomic E-state index is -4.37. The molecule has 0 radical (unpaired) electrons. The fourth-order valence-corrected chi connectivity index (χ4v) is 1.28. The number of nitrogens with one attached hydrogen (secondary N) is 2. The van der Waals surface area contributed by atoms with E-state index in [-0.39, 0.29) is 6.54 Å². The van der Waals surface area contributed by atoms with E-state index < -0.39 is 18.6 Å². The molecule has 0 fully saturated rings. The molecule has 1 amide bonds. The monoisotopic (exact) mass is 264 g/mol. The minimum Gasteiger partial charge on any atom is -0.346 e. The predicted octanol–water partition coefficient (Wildman–Crippen LogP) is 0.231. The molecule has 8 heteroatoms. The Morgan fingerprint density at radius 1 is 1.50 bits per heavy atom. The summed E-state index contributed by atoms with van der Waals surface area (Å²) in [5.41, 5.74) is 0.862. The maximum absolute atomic E-state index is 11.8. The Bertz CT molecular complexity index is 389. The van der Waals surface area contributed by atoms with E-state index in [4.69, 9.17) is 0 Å². The van der Waals surface area contributed by atoms with E-state index >= 15 is 0 Å². The molecule has 0 bridgehead atoms. The van der Waals surface area contributed by atoms with E-state index in [0.29, 0.717) is 13.0 Å². The Morgan fingerprint density at radius 2 is 2.22 bits per heavy atom. The zero-order valence-electron chi connectivity index (χ0n) is 9.92. The van der Waals surface area contributed by atoms with Crippen LogP contribution in [0.3, 0.4) is 0 Å². The first-order valence-corrected chi connectivity index (χ1v) is 5.39. The van der Waals surface area contributed by atoms with Crippen molar-refractivity contribution in [3.63, 3.8) is 0 Å². The number of carbonyl (C=O) groups is 1. The Hall–Kier alpha value is -1.57. The highest BCUT2D eigenvalue weighted by atomic mass is 19.4.